The van der Waals surface area contributed by atoms with Gasteiger partial charge < -0.3 is 10.5 Å². The Hall–Kier alpha value is -1.58. The van der Waals surface area contributed by atoms with Gasteiger partial charge in [0.1, 0.15) is 0 Å². The zero-order valence-corrected chi connectivity index (χ0v) is 11.5. The maximum absolute atomic E-state index is 13.1. The Kier molecular flexibility index (Phi) is 5.54. The molecule has 1 aromatic carbocycles. The number of sulfonamides is 1. The molecule has 0 radical (unpaired) electrons. The van der Waals surface area contributed by atoms with Crippen molar-refractivity contribution in [2.75, 3.05) is 26.8 Å². The SMILES string of the molecule is COCCN(CC(N)=O)S(=O)(=O)c1ccc(F)c(F)c1. The summed E-state index contributed by atoms with van der Waals surface area (Å²) in [6, 6.07) is 2.15. The summed E-state index contributed by atoms with van der Waals surface area (Å²) in [6.07, 6.45) is 0. The average molecular weight is 308 g/mol. The van der Waals surface area contributed by atoms with Gasteiger partial charge in [0.25, 0.3) is 0 Å². The van der Waals surface area contributed by atoms with Crippen LogP contribution in [0.1, 0.15) is 0 Å². The Labute approximate surface area is 115 Å². The molecular formula is C11H14F2N2O4S. The van der Waals surface area contributed by atoms with Crippen molar-refractivity contribution in [3.63, 3.8) is 0 Å². The number of amides is 1. The monoisotopic (exact) mass is 308 g/mol. The lowest BCUT2D eigenvalue weighted by Crippen LogP contribution is -2.40. The molecule has 0 saturated heterocycles. The van der Waals surface area contributed by atoms with E-state index in [4.69, 9.17) is 10.5 Å². The van der Waals surface area contributed by atoms with Gasteiger partial charge in [-0.3, -0.25) is 4.79 Å². The molecule has 1 amide bonds. The Bertz CT molecular complexity index is 592. The molecule has 0 atom stereocenters. The van der Waals surface area contributed by atoms with Crippen molar-refractivity contribution in [2.24, 2.45) is 5.73 Å². The highest BCUT2D eigenvalue weighted by Gasteiger charge is 2.26. The number of ether oxygens (including phenoxy) is 1. The molecule has 1 aromatic rings. The molecule has 0 saturated carbocycles. The van der Waals surface area contributed by atoms with Crippen LogP contribution in [-0.2, 0) is 19.6 Å². The lowest BCUT2D eigenvalue weighted by molar-refractivity contribution is -0.118. The fraction of sp³-hybridized carbons (Fsp3) is 0.364. The summed E-state index contributed by atoms with van der Waals surface area (Å²) in [7, 11) is -2.81. The van der Waals surface area contributed by atoms with Gasteiger partial charge in [0.05, 0.1) is 18.0 Å². The predicted octanol–water partition coefficient (Wildman–Crippen LogP) is 0.0872. The number of benzene rings is 1. The van der Waals surface area contributed by atoms with E-state index in [1.54, 1.807) is 0 Å². The normalized spacial score (nSPS) is 11.8. The molecule has 0 fully saturated rings. The van der Waals surface area contributed by atoms with Gasteiger partial charge in [-0.15, -0.1) is 0 Å². The number of hydrogen-bond acceptors (Lipinski definition) is 4. The van der Waals surface area contributed by atoms with E-state index in [-0.39, 0.29) is 13.2 Å². The number of rotatable bonds is 7. The third-order valence-electron chi connectivity index (χ3n) is 2.41. The second-order valence-corrected chi connectivity index (χ2v) is 5.81. The third-order valence-corrected chi connectivity index (χ3v) is 4.25. The molecule has 112 valence electrons. The minimum atomic E-state index is -4.16. The fourth-order valence-corrected chi connectivity index (χ4v) is 2.84. The van der Waals surface area contributed by atoms with Crippen LogP contribution in [0.25, 0.3) is 0 Å². The standard InChI is InChI=1S/C11H14F2N2O4S/c1-19-5-4-15(7-11(14)16)20(17,18)8-2-3-9(12)10(13)6-8/h2-3,6H,4-5,7H2,1H3,(H2,14,16). The van der Waals surface area contributed by atoms with E-state index in [1.165, 1.54) is 7.11 Å². The van der Waals surface area contributed by atoms with Crippen LogP contribution in [-0.4, -0.2) is 45.4 Å². The van der Waals surface area contributed by atoms with E-state index in [0.717, 1.165) is 10.4 Å². The molecule has 0 aromatic heterocycles. The summed E-state index contributed by atoms with van der Waals surface area (Å²) < 4.78 is 55.8. The average Bonchev–Trinajstić information content (AvgIpc) is 2.37. The van der Waals surface area contributed by atoms with Crippen molar-refractivity contribution < 1.29 is 26.7 Å². The topological polar surface area (TPSA) is 89.7 Å². The predicted molar refractivity (Wildman–Crippen MR) is 66.2 cm³/mol. The zero-order valence-electron chi connectivity index (χ0n) is 10.7. The first-order chi connectivity index (χ1) is 9.28. The number of nitrogens with zero attached hydrogens (tertiary/aromatic N) is 1. The van der Waals surface area contributed by atoms with Gasteiger partial charge in [-0.05, 0) is 18.2 Å². The molecular weight excluding hydrogens is 294 g/mol. The molecule has 0 spiro atoms. The van der Waals surface area contributed by atoms with Crippen LogP contribution >= 0.6 is 0 Å². The third kappa shape index (κ3) is 3.95. The summed E-state index contributed by atoms with van der Waals surface area (Å²) in [4.78, 5) is 10.4. The molecule has 0 heterocycles. The van der Waals surface area contributed by atoms with Crippen molar-refractivity contribution in [2.45, 2.75) is 4.90 Å². The quantitative estimate of drug-likeness (QED) is 0.773. The summed E-state index contributed by atoms with van der Waals surface area (Å²) in [5, 5.41) is 0. The summed E-state index contributed by atoms with van der Waals surface area (Å²) in [5.74, 6) is -3.33. The number of carbonyl (C=O) groups excluding carboxylic acids is 1. The zero-order chi connectivity index (χ0) is 15.3. The molecule has 0 aliphatic rings. The first-order valence-corrected chi connectivity index (χ1v) is 6.95. The van der Waals surface area contributed by atoms with Crippen LogP contribution in [0.15, 0.2) is 23.1 Å². The number of carbonyl (C=O) groups is 1. The number of nitrogens with two attached hydrogens (primary N) is 1. The molecule has 2 N–H and O–H groups in total. The molecule has 0 bridgehead atoms. The number of hydrogen-bond donors (Lipinski definition) is 1. The summed E-state index contributed by atoms with van der Waals surface area (Å²) in [6.45, 7) is -0.693. The van der Waals surface area contributed by atoms with Gasteiger partial charge >= 0.3 is 0 Å². The molecule has 20 heavy (non-hydrogen) atoms. The lowest BCUT2D eigenvalue weighted by Gasteiger charge is -2.20. The van der Waals surface area contributed by atoms with Crippen molar-refractivity contribution in [1.29, 1.82) is 0 Å². The minimum Gasteiger partial charge on any atom is -0.383 e. The van der Waals surface area contributed by atoms with E-state index >= 15 is 0 Å². The first-order valence-electron chi connectivity index (χ1n) is 5.51. The van der Waals surface area contributed by atoms with Gasteiger partial charge in [0, 0.05) is 13.7 Å². The Morgan fingerprint density at radius 3 is 2.50 bits per heavy atom. The minimum absolute atomic E-state index is 0.0240. The van der Waals surface area contributed by atoms with E-state index in [1.807, 2.05) is 0 Å². The Morgan fingerprint density at radius 2 is 2.00 bits per heavy atom. The lowest BCUT2D eigenvalue weighted by atomic mass is 10.3. The maximum Gasteiger partial charge on any atom is 0.243 e. The van der Waals surface area contributed by atoms with Crippen LogP contribution in [0.5, 0.6) is 0 Å². The van der Waals surface area contributed by atoms with Crippen LogP contribution in [0, 0.1) is 11.6 Å². The van der Waals surface area contributed by atoms with Gasteiger partial charge in [-0.25, -0.2) is 17.2 Å². The van der Waals surface area contributed by atoms with Gasteiger partial charge in [-0.1, -0.05) is 0 Å². The number of methoxy groups -OCH3 is 1. The molecule has 6 nitrogen and oxygen atoms in total. The van der Waals surface area contributed by atoms with Crippen molar-refractivity contribution in [3.8, 4) is 0 Å². The second kappa shape index (κ2) is 6.73. The fourth-order valence-electron chi connectivity index (χ4n) is 1.44. The molecule has 0 unspecified atom stereocenters. The number of halogens is 2. The van der Waals surface area contributed by atoms with Crippen LogP contribution < -0.4 is 5.73 Å². The molecule has 0 aliphatic carbocycles. The summed E-state index contributed by atoms with van der Waals surface area (Å²) >= 11 is 0. The number of primary amides is 1. The first kappa shape index (κ1) is 16.5. The van der Waals surface area contributed by atoms with E-state index < -0.39 is 39.0 Å². The van der Waals surface area contributed by atoms with Crippen LogP contribution in [0.2, 0.25) is 0 Å². The highest BCUT2D eigenvalue weighted by Crippen LogP contribution is 2.18. The van der Waals surface area contributed by atoms with Gasteiger partial charge in [0.15, 0.2) is 11.6 Å². The van der Waals surface area contributed by atoms with Crippen molar-refractivity contribution in [1.82, 2.24) is 4.31 Å². The largest absolute Gasteiger partial charge is 0.383 e. The van der Waals surface area contributed by atoms with E-state index in [2.05, 4.69) is 0 Å². The van der Waals surface area contributed by atoms with Crippen LogP contribution in [0.4, 0.5) is 8.78 Å². The highest BCUT2D eigenvalue weighted by atomic mass is 32.2. The maximum atomic E-state index is 13.1. The molecule has 1 rings (SSSR count). The van der Waals surface area contributed by atoms with Crippen LogP contribution in [0.3, 0.4) is 0 Å². The highest BCUT2D eigenvalue weighted by molar-refractivity contribution is 7.89. The second-order valence-electron chi connectivity index (χ2n) is 3.87. The smallest absolute Gasteiger partial charge is 0.243 e. The van der Waals surface area contributed by atoms with Gasteiger partial charge in [0.2, 0.25) is 15.9 Å². The Morgan fingerprint density at radius 1 is 1.35 bits per heavy atom. The Balaban J connectivity index is 3.13. The molecule has 9 heteroatoms. The van der Waals surface area contributed by atoms with Crippen molar-refractivity contribution >= 4 is 15.9 Å². The van der Waals surface area contributed by atoms with Crippen molar-refractivity contribution in [3.05, 3.63) is 29.8 Å². The summed E-state index contributed by atoms with van der Waals surface area (Å²) in [5.41, 5.74) is 4.97. The van der Waals surface area contributed by atoms with E-state index in [0.29, 0.717) is 12.1 Å². The van der Waals surface area contributed by atoms with E-state index in [9.17, 15) is 22.0 Å². The van der Waals surface area contributed by atoms with Gasteiger partial charge in [-0.2, -0.15) is 4.31 Å². The molecule has 0 aliphatic heterocycles.